The number of benzene rings is 2. The number of nitrogens with zero attached hydrogens (tertiary/aromatic N) is 1. The summed E-state index contributed by atoms with van der Waals surface area (Å²) < 4.78 is 11.6. The number of carbonyl (C=O) groups excluding carboxylic acids is 1. The van der Waals surface area contributed by atoms with E-state index in [2.05, 4.69) is 31.0 Å². The molecule has 2 aromatic rings. The molecule has 0 fully saturated rings. The Bertz CT molecular complexity index is 758. The molecule has 2 aromatic carbocycles. The van der Waals surface area contributed by atoms with Crippen molar-refractivity contribution in [3.8, 4) is 11.5 Å². The summed E-state index contributed by atoms with van der Waals surface area (Å²) >= 11 is 0. The molecule has 0 bridgehead atoms. The second kappa shape index (κ2) is 7.68. The maximum atomic E-state index is 12.6. The van der Waals surface area contributed by atoms with Gasteiger partial charge in [0.15, 0.2) is 11.5 Å². The van der Waals surface area contributed by atoms with Gasteiger partial charge in [0.2, 0.25) is 6.10 Å². The van der Waals surface area contributed by atoms with Crippen molar-refractivity contribution in [2.75, 3.05) is 16.8 Å². The minimum absolute atomic E-state index is 0.212. The summed E-state index contributed by atoms with van der Waals surface area (Å²) in [5.74, 6) is 1.05. The van der Waals surface area contributed by atoms with Gasteiger partial charge in [-0.15, -0.1) is 0 Å². The molecule has 0 aromatic heterocycles. The first-order valence-corrected chi connectivity index (χ1v) is 9.09. The van der Waals surface area contributed by atoms with Crippen LogP contribution < -0.4 is 19.7 Å². The van der Waals surface area contributed by atoms with Gasteiger partial charge in [-0.1, -0.05) is 12.1 Å². The van der Waals surface area contributed by atoms with Crippen molar-refractivity contribution in [1.82, 2.24) is 0 Å². The first-order chi connectivity index (χ1) is 12.5. The minimum Gasteiger partial charge on any atom is -0.482 e. The average Bonchev–Trinajstić information content (AvgIpc) is 2.62. The maximum Gasteiger partial charge on any atom is 0.269 e. The van der Waals surface area contributed by atoms with Crippen LogP contribution in [0.5, 0.6) is 11.5 Å². The van der Waals surface area contributed by atoms with Gasteiger partial charge >= 0.3 is 0 Å². The number of fused-ring (bicyclic) bond motifs is 1. The van der Waals surface area contributed by atoms with Gasteiger partial charge in [0.25, 0.3) is 5.91 Å². The lowest BCUT2D eigenvalue weighted by Gasteiger charge is -2.31. The Balaban J connectivity index is 1.68. The topological polar surface area (TPSA) is 50.8 Å². The summed E-state index contributed by atoms with van der Waals surface area (Å²) in [4.78, 5) is 14.9. The van der Waals surface area contributed by atoms with E-state index in [0.29, 0.717) is 17.5 Å². The zero-order valence-corrected chi connectivity index (χ0v) is 15.7. The normalized spacial score (nSPS) is 18.5. The van der Waals surface area contributed by atoms with Crippen molar-refractivity contribution in [1.29, 1.82) is 0 Å². The highest BCUT2D eigenvalue weighted by molar-refractivity contribution is 5.95. The number of hydrogen-bond acceptors (Lipinski definition) is 4. The molecule has 2 atom stereocenters. The fourth-order valence-corrected chi connectivity index (χ4v) is 3.20. The molecule has 1 aliphatic rings. The van der Waals surface area contributed by atoms with Crippen LogP contribution in [0.25, 0.3) is 0 Å². The van der Waals surface area contributed by atoms with Crippen molar-refractivity contribution in [3.05, 3.63) is 48.5 Å². The molecule has 3 rings (SSSR count). The Morgan fingerprint density at radius 2 is 1.69 bits per heavy atom. The van der Waals surface area contributed by atoms with Crippen LogP contribution in [0.15, 0.2) is 48.5 Å². The van der Waals surface area contributed by atoms with Crippen molar-refractivity contribution in [2.45, 2.75) is 45.9 Å². The molecule has 5 heteroatoms. The number of ether oxygens (including phenoxy) is 2. The molecule has 1 amide bonds. The number of amides is 1. The summed E-state index contributed by atoms with van der Waals surface area (Å²) in [5.41, 5.74) is 1.88. The first kappa shape index (κ1) is 18.1. The van der Waals surface area contributed by atoms with Crippen molar-refractivity contribution >= 4 is 17.3 Å². The van der Waals surface area contributed by atoms with E-state index in [-0.39, 0.29) is 12.0 Å². The van der Waals surface area contributed by atoms with Crippen molar-refractivity contribution < 1.29 is 14.3 Å². The summed E-state index contributed by atoms with van der Waals surface area (Å²) in [5, 5.41) is 2.92. The second-order valence-corrected chi connectivity index (χ2v) is 6.72. The highest BCUT2D eigenvalue weighted by atomic mass is 16.6. The molecule has 5 nitrogen and oxygen atoms in total. The zero-order chi connectivity index (χ0) is 18.7. The molecule has 0 saturated carbocycles. The number of nitrogens with one attached hydrogen (secondary N) is 1. The van der Waals surface area contributed by atoms with Crippen LogP contribution >= 0.6 is 0 Å². The van der Waals surface area contributed by atoms with E-state index in [1.165, 1.54) is 0 Å². The summed E-state index contributed by atoms with van der Waals surface area (Å²) in [6.07, 6.45) is -1.05. The van der Waals surface area contributed by atoms with Crippen LogP contribution in [0.4, 0.5) is 11.4 Å². The molecule has 1 heterocycles. The first-order valence-electron chi connectivity index (χ1n) is 9.09. The Morgan fingerprint density at radius 1 is 1.08 bits per heavy atom. The number of carbonyl (C=O) groups is 1. The molecule has 0 spiro atoms. The predicted molar refractivity (Wildman–Crippen MR) is 104 cm³/mol. The quantitative estimate of drug-likeness (QED) is 0.879. The monoisotopic (exact) mass is 354 g/mol. The zero-order valence-electron chi connectivity index (χ0n) is 15.7. The molecular weight excluding hydrogens is 328 g/mol. The van der Waals surface area contributed by atoms with Gasteiger partial charge in [0, 0.05) is 24.0 Å². The van der Waals surface area contributed by atoms with Crippen molar-refractivity contribution in [2.24, 2.45) is 0 Å². The lowest BCUT2D eigenvalue weighted by Crippen LogP contribution is -2.46. The van der Waals surface area contributed by atoms with Gasteiger partial charge in [0.05, 0.1) is 0 Å². The fraction of sp³-hybridized carbons (Fsp3) is 0.381. The lowest BCUT2D eigenvalue weighted by atomic mass is 10.1. The second-order valence-electron chi connectivity index (χ2n) is 6.72. The van der Waals surface area contributed by atoms with E-state index < -0.39 is 6.10 Å². The van der Waals surface area contributed by atoms with E-state index in [0.717, 1.165) is 17.9 Å². The van der Waals surface area contributed by atoms with Gasteiger partial charge in [-0.3, -0.25) is 4.79 Å². The largest absolute Gasteiger partial charge is 0.482 e. The van der Waals surface area contributed by atoms with Crippen LogP contribution in [-0.2, 0) is 4.79 Å². The van der Waals surface area contributed by atoms with Gasteiger partial charge in [-0.25, -0.2) is 0 Å². The van der Waals surface area contributed by atoms with Gasteiger partial charge in [0.1, 0.15) is 6.10 Å². The smallest absolute Gasteiger partial charge is 0.269 e. The SMILES string of the molecule is CCN(c1ccc(NC(=O)[C@@H]2Oc3ccccc3O[C@@H]2C)cc1)C(C)C. The van der Waals surface area contributed by atoms with Gasteiger partial charge in [-0.05, 0) is 64.1 Å². The highest BCUT2D eigenvalue weighted by Crippen LogP contribution is 2.33. The molecule has 0 saturated heterocycles. The molecular formula is C21H26N2O3. The van der Waals surface area contributed by atoms with E-state index in [4.69, 9.17) is 9.47 Å². The van der Waals surface area contributed by atoms with Crippen molar-refractivity contribution in [3.63, 3.8) is 0 Å². The van der Waals surface area contributed by atoms with E-state index in [1.807, 2.05) is 55.5 Å². The maximum absolute atomic E-state index is 12.6. The van der Waals surface area contributed by atoms with E-state index in [9.17, 15) is 4.79 Å². The Morgan fingerprint density at radius 3 is 2.27 bits per heavy atom. The van der Waals surface area contributed by atoms with E-state index >= 15 is 0 Å². The number of hydrogen-bond donors (Lipinski definition) is 1. The highest BCUT2D eigenvalue weighted by Gasteiger charge is 2.34. The molecule has 1 N–H and O–H groups in total. The third-order valence-electron chi connectivity index (χ3n) is 4.53. The average molecular weight is 354 g/mol. The molecule has 0 unspecified atom stereocenters. The summed E-state index contributed by atoms with van der Waals surface area (Å²) in [6, 6.07) is 15.7. The Hall–Kier alpha value is -2.69. The molecule has 0 aliphatic carbocycles. The van der Waals surface area contributed by atoms with Crippen LogP contribution in [0, 0.1) is 0 Å². The van der Waals surface area contributed by atoms with Gasteiger partial charge in [-0.2, -0.15) is 0 Å². The van der Waals surface area contributed by atoms with Gasteiger partial charge < -0.3 is 19.7 Å². The minimum atomic E-state index is -0.688. The van der Waals surface area contributed by atoms with Crippen LogP contribution in [-0.4, -0.2) is 30.7 Å². The predicted octanol–water partition coefficient (Wildman–Crippen LogP) is 4.09. The Kier molecular flexibility index (Phi) is 5.35. The van der Waals surface area contributed by atoms with E-state index in [1.54, 1.807) is 0 Å². The number of rotatable bonds is 5. The molecule has 138 valence electrons. The van der Waals surface area contributed by atoms with Crippen LogP contribution in [0.1, 0.15) is 27.7 Å². The number of para-hydroxylation sites is 2. The molecule has 26 heavy (non-hydrogen) atoms. The standard InChI is InChI=1S/C21H26N2O3/c1-5-23(14(2)3)17-12-10-16(11-13-17)22-21(24)20-15(4)25-18-8-6-7-9-19(18)26-20/h6-15,20H,5H2,1-4H3,(H,22,24)/t15-,20-/m1/s1. The Labute approximate surface area is 154 Å². The summed E-state index contributed by atoms with van der Waals surface area (Å²) in [7, 11) is 0. The lowest BCUT2D eigenvalue weighted by molar-refractivity contribution is -0.128. The molecule has 0 radical (unpaired) electrons. The fourth-order valence-electron chi connectivity index (χ4n) is 3.20. The van der Waals surface area contributed by atoms with Crippen LogP contribution in [0.2, 0.25) is 0 Å². The summed E-state index contributed by atoms with van der Waals surface area (Å²) in [6.45, 7) is 9.24. The molecule has 1 aliphatic heterocycles. The third-order valence-corrected chi connectivity index (χ3v) is 4.53. The number of anilines is 2. The van der Waals surface area contributed by atoms with Crippen LogP contribution in [0.3, 0.4) is 0 Å². The third kappa shape index (κ3) is 3.77.